The summed E-state index contributed by atoms with van der Waals surface area (Å²) in [5, 5.41) is 0. The van der Waals surface area contributed by atoms with Crippen LogP contribution in [0, 0.1) is 5.92 Å². The van der Waals surface area contributed by atoms with Gasteiger partial charge in [-0.3, -0.25) is 0 Å². The molecule has 0 amide bonds. The Morgan fingerprint density at radius 3 is 1.86 bits per heavy atom. The zero-order chi connectivity index (χ0) is 33.3. The highest BCUT2D eigenvalue weighted by atomic mass is 16.5. The molecule has 0 radical (unpaired) electrons. The molecule has 1 aliphatic heterocycles. The van der Waals surface area contributed by atoms with Gasteiger partial charge in [0.1, 0.15) is 11.5 Å². The number of hydrogen-bond acceptors (Lipinski definition) is 4. The first kappa shape index (κ1) is 29.7. The van der Waals surface area contributed by atoms with Crippen LogP contribution in [-0.4, -0.2) is 15.0 Å². The topological polar surface area (TPSA) is 47.9 Å². The highest BCUT2D eigenvalue weighted by Crippen LogP contribution is 2.58. The second-order valence-electron chi connectivity index (χ2n) is 12.7. The van der Waals surface area contributed by atoms with E-state index in [9.17, 15) is 0 Å². The van der Waals surface area contributed by atoms with Crippen molar-refractivity contribution in [1.29, 1.82) is 0 Å². The summed E-state index contributed by atoms with van der Waals surface area (Å²) in [5.41, 5.74) is 7.87. The molecule has 0 saturated heterocycles. The summed E-state index contributed by atoms with van der Waals surface area (Å²) in [6.45, 7) is 0. The molecule has 2 heterocycles. The fourth-order valence-electron chi connectivity index (χ4n) is 7.61. The van der Waals surface area contributed by atoms with E-state index in [1.54, 1.807) is 0 Å². The monoisotopic (exact) mass is 643 g/mol. The first-order chi connectivity index (χ1) is 24.8. The van der Waals surface area contributed by atoms with E-state index in [2.05, 4.69) is 140 Å². The molecule has 6 aromatic carbocycles. The number of para-hydroxylation sites is 2. The lowest BCUT2D eigenvalue weighted by Gasteiger charge is -2.46. The van der Waals surface area contributed by atoms with E-state index < -0.39 is 5.41 Å². The normalized spacial score (nSPS) is 17.4. The fraction of sp³-hybridized carbons (Fsp3) is 0.0652. The van der Waals surface area contributed by atoms with Gasteiger partial charge in [0.05, 0.1) is 11.0 Å². The van der Waals surface area contributed by atoms with Crippen LogP contribution >= 0.6 is 0 Å². The Hall–Kier alpha value is -6.39. The van der Waals surface area contributed by atoms with Crippen LogP contribution in [0.4, 0.5) is 0 Å². The summed E-state index contributed by atoms with van der Waals surface area (Å²) in [6.07, 6.45) is 9.83. The third kappa shape index (κ3) is 5.05. The maximum Gasteiger partial charge on any atom is 0.167 e. The predicted molar refractivity (Wildman–Crippen MR) is 201 cm³/mol. The average molecular weight is 644 g/mol. The molecular weight excluding hydrogens is 611 g/mol. The van der Waals surface area contributed by atoms with Crippen molar-refractivity contribution in [2.45, 2.75) is 11.8 Å². The zero-order valence-electron chi connectivity index (χ0n) is 27.4. The minimum absolute atomic E-state index is 0.156. The third-order valence-corrected chi connectivity index (χ3v) is 9.87. The summed E-state index contributed by atoms with van der Waals surface area (Å²) in [5.74, 6) is 3.55. The second-order valence-corrected chi connectivity index (χ2v) is 12.7. The SMILES string of the molecule is C1=CCC(C2(c3ccccc3)c3ccccc3Oc3c(-c4nc(-c5ccccc5)nc(-c5cccc(-c6ccccc6)c5)n4)cccc32)C=C1. The van der Waals surface area contributed by atoms with Gasteiger partial charge < -0.3 is 4.74 Å². The number of ether oxygens (including phenoxy) is 1. The molecule has 2 aliphatic rings. The lowest BCUT2D eigenvalue weighted by atomic mass is 9.59. The van der Waals surface area contributed by atoms with Gasteiger partial charge in [0, 0.05) is 22.3 Å². The molecule has 4 nitrogen and oxygen atoms in total. The van der Waals surface area contributed by atoms with Crippen LogP contribution in [0.15, 0.2) is 182 Å². The molecule has 4 heteroatoms. The van der Waals surface area contributed by atoms with Gasteiger partial charge in [-0.2, -0.15) is 0 Å². The van der Waals surface area contributed by atoms with Gasteiger partial charge in [0.2, 0.25) is 0 Å². The van der Waals surface area contributed by atoms with Crippen molar-refractivity contribution in [3.63, 3.8) is 0 Å². The molecular formula is C46H33N3O. The van der Waals surface area contributed by atoms with Crippen LogP contribution in [0.25, 0.3) is 45.3 Å². The smallest absolute Gasteiger partial charge is 0.167 e. The molecule has 0 bridgehead atoms. The van der Waals surface area contributed by atoms with Gasteiger partial charge in [-0.05, 0) is 47.2 Å². The van der Waals surface area contributed by atoms with Crippen molar-refractivity contribution in [1.82, 2.24) is 15.0 Å². The molecule has 0 spiro atoms. The van der Waals surface area contributed by atoms with Crippen molar-refractivity contribution in [3.05, 3.63) is 199 Å². The summed E-state index contributed by atoms with van der Waals surface area (Å²) in [7, 11) is 0. The highest BCUT2D eigenvalue weighted by molar-refractivity contribution is 5.77. The number of rotatable bonds is 6. The summed E-state index contributed by atoms with van der Waals surface area (Å²) < 4.78 is 6.96. The largest absolute Gasteiger partial charge is 0.456 e. The second kappa shape index (κ2) is 12.6. The van der Waals surface area contributed by atoms with Crippen LogP contribution < -0.4 is 4.74 Å². The van der Waals surface area contributed by atoms with Crippen molar-refractivity contribution in [2.24, 2.45) is 5.92 Å². The molecule has 0 fully saturated rings. The number of nitrogens with zero attached hydrogens (tertiary/aromatic N) is 3. The Morgan fingerprint density at radius 1 is 0.500 bits per heavy atom. The van der Waals surface area contributed by atoms with Gasteiger partial charge in [0.15, 0.2) is 17.5 Å². The maximum atomic E-state index is 6.96. The molecule has 2 atom stereocenters. The Balaban J connectivity index is 1.29. The van der Waals surface area contributed by atoms with Crippen molar-refractivity contribution in [3.8, 4) is 56.8 Å². The molecule has 238 valence electrons. The third-order valence-electron chi connectivity index (χ3n) is 9.87. The minimum atomic E-state index is -0.509. The maximum absolute atomic E-state index is 6.96. The number of aromatic nitrogens is 3. The van der Waals surface area contributed by atoms with Crippen LogP contribution in [-0.2, 0) is 5.41 Å². The molecule has 0 saturated carbocycles. The fourth-order valence-corrected chi connectivity index (χ4v) is 7.61. The van der Waals surface area contributed by atoms with Crippen LogP contribution in [0.2, 0.25) is 0 Å². The van der Waals surface area contributed by atoms with E-state index in [1.165, 1.54) is 5.56 Å². The number of fused-ring (bicyclic) bond motifs is 2. The van der Waals surface area contributed by atoms with E-state index in [4.69, 9.17) is 19.7 Å². The average Bonchev–Trinajstić information content (AvgIpc) is 3.21. The van der Waals surface area contributed by atoms with E-state index in [0.29, 0.717) is 17.5 Å². The molecule has 50 heavy (non-hydrogen) atoms. The summed E-state index contributed by atoms with van der Waals surface area (Å²) in [6, 6.07) is 54.6. The first-order valence-corrected chi connectivity index (χ1v) is 17.1. The van der Waals surface area contributed by atoms with Gasteiger partial charge in [0.25, 0.3) is 0 Å². The highest BCUT2D eigenvalue weighted by Gasteiger charge is 2.49. The Bertz CT molecular complexity index is 2390. The van der Waals surface area contributed by atoms with Gasteiger partial charge in [-0.25, -0.2) is 15.0 Å². The van der Waals surface area contributed by atoms with Crippen molar-refractivity contribution >= 4 is 0 Å². The van der Waals surface area contributed by atoms with Gasteiger partial charge >= 0.3 is 0 Å². The predicted octanol–water partition coefficient (Wildman–Crippen LogP) is 11.1. The number of hydrogen-bond donors (Lipinski definition) is 0. The quantitative estimate of drug-likeness (QED) is 0.181. The molecule has 7 aromatic rings. The van der Waals surface area contributed by atoms with Crippen LogP contribution in [0.1, 0.15) is 23.1 Å². The Kier molecular flexibility index (Phi) is 7.47. The summed E-state index contributed by atoms with van der Waals surface area (Å²) in [4.78, 5) is 15.4. The standard InChI is InChI=1S/C46H33N3O/c1-5-17-32(18-6-1)34-21-15-22-35(31-34)44-47-43(33-19-7-2-8-20-33)48-45(49-44)38-27-16-29-40-42(38)50-41-30-14-13-28-39(41)46(40,36-23-9-3-10-24-36)37-25-11-4-12-26-37/h1-25,27-31,37H,26H2. The van der Waals surface area contributed by atoms with Crippen LogP contribution in [0.3, 0.4) is 0 Å². The van der Waals surface area contributed by atoms with E-state index in [0.717, 1.165) is 56.9 Å². The van der Waals surface area contributed by atoms with E-state index in [-0.39, 0.29) is 5.92 Å². The Labute approximate surface area is 292 Å². The van der Waals surface area contributed by atoms with Gasteiger partial charge in [-0.1, -0.05) is 164 Å². The lowest BCUT2D eigenvalue weighted by molar-refractivity contribution is 0.368. The van der Waals surface area contributed by atoms with Crippen molar-refractivity contribution in [2.75, 3.05) is 0 Å². The Morgan fingerprint density at radius 2 is 1.10 bits per heavy atom. The van der Waals surface area contributed by atoms with E-state index >= 15 is 0 Å². The van der Waals surface area contributed by atoms with E-state index in [1.807, 2.05) is 42.5 Å². The minimum Gasteiger partial charge on any atom is -0.456 e. The molecule has 1 aliphatic carbocycles. The molecule has 2 unspecified atom stereocenters. The zero-order valence-corrected chi connectivity index (χ0v) is 27.4. The molecule has 1 aromatic heterocycles. The van der Waals surface area contributed by atoms with Crippen LogP contribution in [0.5, 0.6) is 11.5 Å². The van der Waals surface area contributed by atoms with Crippen molar-refractivity contribution < 1.29 is 4.74 Å². The molecule has 0 N–H and O–H groups in total. The van der Waals surface area contributed by atoms with Gasteiger partial charge in [-0.15, -0.1) is 0 Å². The number of allylic oxidation sites excluding steroid dienone is 4. The number of benzene rings is 6. The lowest BCUT2D eigenvalue weighted by Crippen LogP contribution is -2.40. The summed E-state index contributed by atoms with van der Waals surface area (Å²) >= 11 is 0. The first-order valence-electron chi connectivity index (χ1n) is 17.1. The molecule has 9 rings (SSSR count).